The Bertz CT molecular complexity index is 422. The minimum Gasteiger partial charge on any atom is -0.755 e. The molecule has 16 heavy (non-hydrogen) atoms. The van der Waals surface area contributed by atoms with Crippen LogP contribution in [0.15, 0.2) is 18.2 Å². The molecule has 1 aromatic rings. The molecule has 0 heterocycles. The molecule has 0 saturated heterocycles. The predicted molar refractivity (Wildman–Crippen MR) is 59.6 cm³/mol. The number of aryl methyl sites for hydroxylation is 1. The molecule has 1 atom stereocenters. The summed E-state index contributed by atoms with van der Waals surface area (Å²) < 4.78 is 22.8. The van der Waals surface area contributed by atoms with Crippen molar-refractivity contribution in [2.75, 3.05) is 4.72 Å². The lowest BCUT2D eigenvalue weighted by Gasteiger charge is -2.09. The first-order chi connectivity index (χ1) is 7.54. The van der Waals surface area contributed by atoms with Crippen molar-refractivity contribution in [3.8, 4) is 0 Å². The van der Waals surface area contributed by atoms with Gasteiger partial charge in [-0.15, -0.1) is 0 Å². The number of rotatable bonds is 5. The monoisotopic (exact) mass is 243 g/mol. The second kappa shape index (κ2) is 5.57. The van der Waals surface area contributed by atoms with Crippen LogP contribution < -0.4 is 4.72 Å². The number of nitro benzene ring substituents is 1. The van der Waals surface area contributed by atoms with Crippen LogP contribution in [0.4, 0.5) is 11.4 Å². The SMILES string of the molecule is CCCc1ccc(NS(=O)[O-])c([N+](=O)[O-])c1. The second-order valence-electron chi connectivity index (χ2n) is 3.20. The van der Waals surface area contributed by atoms with Crippen molar-refractivity contribution in [1.82, 2.24) is 0 Å². The number of nitrogens with one attached hydrogen (secondary N) is 1. The maximum atomic E-state index is 10.7. The number of anilines is 1. The lowest BCUT2D eigenvalue weighted by atomic mass is 10.1. The highest BCUT2D eigenvalue weighted by Gasteiger charge is 2.14. The van der Waals surface area contributed by atoms with Crippen LogP contribution in [0.5, 0.6) is 0 Å². The van der Waals surface area contributed by atoms with Crippen LogP contribution in [0.1, 0.15) is 18.9 Å². The Morgan fingerprint density at radius 1 is 1.50 bits per heavy atom. The Morgan fingerprint density at radius 2 is 2.19 bits per heavy atom. The zero-order valence-corrected chi connectivity index (χ0v) is 9.45. The van der Waals surface area contributed by atoms with E-state index >= 15 is 0 Å². The van der Waals surface area contributed by atoms with Crippen molar-refractivity contribution < 1.29 is 13.7 Å². The van der Waals surface area contributed by atoms with Crippen LogP contribution in [-0.4, -0.2) is 13.7 Å². The summed E-state index contributed by atoms with van der Waals surface area (Å²) in [5.74, 6) is 0. The van der Waals surface area contributed by atoms with Gasteiger partial charge in [0.1, 0.15) is 5.69 Å². The van der Waals surface area contributed by atoms with E-state index in [4.69, 9.17) is 0 Å². The lowest BCUT2D eigenvalue weighted by molar-refractivity contribution is -0.383. The molecule has 1 aromatic carbocycles. The summed E-state index contributed by atoms with van der Waals surface area (Å²) in [5, 5.41) is 10.7. The Balaban J connectivity index is 3.08. The molecule has 88 valence electrons. The molecule has 0 amide bonds. The van der Waals surface area contributed by atoms with Gasteiger partial charge in [0.2, 0.25) is 0 Å². The van der Waals surface area contributed by atoms with E-state index in [1.54, 1.807) is 6.07 Å². The number of hydrogen-bond donors (Lipinski definition) is 1. The van der Waals surface area contributed by atoms with E-state index in [-0.39, 0.29) is 11.4 Å². The largest absolute Gasteiger partial charge is 0.755 e. The molecular weight excluding hydrogens is 232 g/mol. The summed E-state index contributed by atoms with van der Waals surface area (Å²) in [6.45, 7) is 1.96. The minimum atomic E-state index is -2.56. The summed E-state index contributed by atoms with van der Waals surface area (Å²) in [7, 11) is 0. The molecule has 0 spiro atoms. The van der Waals surface area contributed by atoms with Crippen molar-refractivity contribution in [1.29, 1.82) is 0 Å². The van der Waals surface area contributed by atoms with Crippen molar-refractivity contribution >= 4 is 22.6 Å². The summed E-state index contributed by atoms with van der Waals surface area (Å²) >= 11 is -2.56. The van der Waals surface area contributed by atoms with Crippen LogP contribution >= 0.6 is 0 Å². The molecule has 0 fully saturated rings. The first-order valence-electron chi connectivity index (χ1n) is 4.67. The van der Waals surface area contributed by atoms with Gasteiger partial charge in [-0.25, -0.2) is 0 Å². The third-order valence-corrected chi connectivity index (χ3v) is 2.38. The number of nitro groups is 1. The summed E-state index contributed by atoms with van der Waals surface area (Å²) in [4.78, 5) is 10.1. The van der Waals surface area contributed by atoms with Crippen molar-refractivity contribution in [3.05, 3.63) is 33.9 Å². The first kappa shape index (κ1) is 12.6. The molecule has 0 saturated carbocycles. The number of benzene rings is 1. The Hall–Kier alpha value is -1.47. The molecule has 0 radical (unpaired) electrons. The third-order valence-electron chi connectivity index (χ3n) is 1.99. The Labute approximate surface area is 95.2 Å². The molecule has 0 aromatic heterocycles. The highest BCUT2D eigenvalue weighted by atomic mass is 32.2. The van der Waals surface area contributed by atoms with Gasteiger partial charge >= 0.3 is 0 Å². The Kier molecular flexibility index (Phi) is 4.39. The fraction of sp³-hybridized carbons (Fsp3) is 0.333. The molecule has 0 aliphatic heterocycles. The van der Waals surface area contributed by atoms with Crippen molar-refractivity contribution in [2.45, 2.75) is 19.8 Å². The van der Waals surface area contributed by atoms with Gasteiger partial charge in [0, 0.05) is 17.3 Å². The highest BCUT2D eigenvalue weighted by molar-refractivity contribution is 7.80. The van der Waals surface area contributed by atoms with E-state index in [0.29, 0.717) is 0 Å². The molecule has 1 unspecified atom stereocenters. The molecule has 1 rings (SSSR count). The molecule has 0 bridgehead atoms. The highest BCUT2D eigenvalue weighted by Crippen LogP contribution is 2.26. The van der Waals surface area contributed by atoms with Gasteiger partial charge in [-0.2, -0.15) is 0 Å². The summed E-state index contributed by atoms with van der Waals surface area (Å²) in [5.41, 5.74) is 0.574. The Morgan fingerprint density at radius 3 is 2.69 bits per heavy atom. The van der Waals surface area contributed by atoms with E-state index in [0.717, 1.165) is 18.4 Å². The fourth-order valence-corrected chi connectivity index (χ4v) is 1.70. The molecule has 1 N–H and O–H groups in total. The van der Waals surface area contributed by atoms with Gasteiger partial charge in [0.25, 0.3) is 5.69 Å². The van der Waals surface area contributed by atoms with Gasteiger partial charge in [-0.05, 0) is 18.1 Å². The summed E-state index contributed by atoms with van der Waals surface area (Å²) in [6, 6.07) is 4.46. The lowest BCUT2D eigenvalue weighted by Crippen LogP contribution is -2.05. The molecule has 7 heteroatoms. The van der Waals surface area contributed by atoms with Gasteiger partial charge in [-0.3, -0.25) is 14.3 Å². The minimum absolute atomic E-state index is 0.0156. The maximum Gasteiger partial charge on any atom is 0.293 e. The second-order valence-corrected chi connectivity index (χ2v) is 3.87. The molecule has 0 aliphatic rings. The van der Waals surface area contributed by atoms with Crippen LogP contribution in [0.25, 0.3) is 0 Å². The quantitative estimate of drug-likeness (QED) is 0.484. The van der Waals surface area contributed by atoms with Crippen LogP contribution in [0.3, 0.4) is 0 Å². The average Bonchev–Trinajstić information content (AvgIpc) is 2.19. The van der Waals surface area contributed by atoms with E-state index in [1.807, 2.05) is 11.6 Å². The smallest absolute Gasteiger partial charge is 0.293 e. The van der Waals surface area contributed by atoms with E-state index < -0.39 is 16.2 Å². The number of hydrogen-bond acceptors (Lipinski definition) is 4. The van der Waals surface area contributed by atoms with Gasteiger partial charge in [0.05, 0.1) is 4.92 Å². The maximum absolute atomic E-state index is 10.7. The third kappa shape index (κ3) is 3.28. The molecular formula is C9H11N2O4S-. The van der Waals surface area contributed by atoms with E-state index in [2.05, 4.69) is 0 Å². The van der Waals surface area contributed by atoms with E-state index in [9.17, 15) is 18.9 Å². The van der Waals surface area contributed by atoms with Gasteiger partial charge in [-0.1, -0.05) is 19.4 Å². The average molecular weight is 243 g/mol. The van der Waals surface area contributed by atoms with Crippen molar-refractivity contribution in [2.24, 2.45) is 0 Å². The standard InChI is InChI=1S/C9H12N2O4S/c1-2-3-7-4-5-8(10-16(14)15)9(6-7)11(12)13/h4-6,10H,2-3H2,1H3,(H,14,15)/p-1. The zero-order valence-electron chi connectivity index (χ0n) is 8.63. The van der Waals surface area contributed by atoms with E-state index in [1.165, 1.54) is 12.1 Å². The van der Waals surface area contributed by atoms with Gasteiger partial charge in [0.15, 0.2) is 0 Å². The van der Waals surface area contributed by atoms with Gasteiger partial charge < -0.3 is 9.27 Å². The normalized spacial score (nSPS) is 12.1. The van der Waals surface area contributed by atoms with Crippen LogP contribution in [-0.2, 0) is 17.7 Å². The van der Waals surface area contributed by atoms with Crippen LogP contribution in [0.2, 0.25) is 0 Å². The topological polar surface area (TPSA) is 95.3 Å². The van der Waals surface area contributed by atoms with Crippen molar-refractivity contribution in [3.63, 3.8) is 0 Å². The number of nitrogens with zero attached hydrogens (tertiary/aromatic N) is 1. The fourth-order valence-electron chi connectivity index (χ4n) is 1.35. The first-order valence-corrected chi connectivity index (χ1v) is 5.75. The predicted octanol–water partition coefficient (Wildman–Crippen LogP) is 1.75. The summed E-state index contributed by atoms with van der Waals surface area (Å²) in [6.07, 6.45) is 1.60. The molecule has 0 aliphatic carbocycles. The molecule has 6 nitrogen and oxygen atoms in total. The zero-order chi connectivity index (χ0) is 12.1. The van der Waals surface area contributed by atoms with Crippen LogP contribution in [0, 0.1) is 10.1 Å².